The van der Waals surface area contributed by atoms with Crippen molar-refractivity contribution in [3.05, 3.63) is 35.4 Å². The molecule has 0 aromatic heterocycles. The average molecular weight is 260 g/mol. The molecule has 1 rings (SSSR count). The highest BCUT2D eigenvalue weighted by atomic mass is 16.2. The Balaban J connectivity index is 2.46. The summed E-state index contributed by atoms with van der Waals surface area (Å²) in [5.41, 5.74) is 2.07. The molecule has 1 amide bonds. The Morgan fingerprint density at radius 3 is 2.63 bits per heavy atom. The quantitative estimate of drug-likeness (QED) is 0.762. The third-order valence-electron chi connectivity index (χ3n) is 2.72. The lowest BCUT2D eigenvalue weighted by Gasteiger charge is -2.16. The summed E-state index contributed by atoms with van der Waals surface area (Å²) in [6.07, 6.45) is 0.507. The maximum atomic E-state index is 11.1. The smallest absolute Gasteiger partial charge is 0.221 e. The third-order valence-corrected chi connectivity index (χ3v) is 2.72. The topological polar surface area (TPSA) is 52.6 Å². The lowest BCUT2D eigenvalue weighted by atomic mass is 10.1. The molecule has 2 N–H and O–H groups in total. The average Bonchev–Trinajstić information content (AvgIpc) is 2.44. The molecule has 1 aromatic rings. The van der Waals surface area contributed by atoms with Crippen molar-refractivity contribution in [2.75, 3.05) is 27.2 Å². The molecule has 0 saturated carbocycles. The molecule has 0 unspecified atom stereocenters. The van der Waals surface area contributed by atoms with E-state index in [2.05, 4.69) is 22.1 Å². The predicted octanol–water partition coefficient (Wildman–Crippen LogP) is 0.598. The minimum Gasteiger partial charge on any atom is -0.384 e. The highest BCUT2D eigenvalue weighted by Gasteiger charge is 2.03. The Bertz CT molecular complexity index is 457. The number of aliphatic hydroxyl groups excluding tert-OH is 1. The first-order chi connectivity index (χ1) is 9.15. The van der Waals surface area contributed by atoms with Gasteiger partial charge in [-0.1, -0.05) is 24.0 Å². The Morgan fingerprint density at radius 2 is 2.05 bits per heavy atom. The van der Waals surface area contributed by atoms with E-state index in [1.54, 1.807) is 7.05 Å². The number of benzene rings is 1. The summed E-state index contributed by atoms with van der Waals surface area (Å²) >= 11 is 0. The summed E-state index contributed by atoms with van der Waals surface area (Å²) in [5, 5.41) is 11.2. The van der Waals surface area contributed by atoms with Gasteiger partial charge in [-0.25, -0.2) is 0 Å². The molecule has 102 valence electrons. The SMILES string of the molecule is CNC(=O)CCN(C)Cc1ccc(C#CCO)cc1. The molecule has 0 spiro atoms. The Kier molecular flexibility index (Phi) is 6.65. The van der Waals surface area contributed by atoms with Crippen LogP contribution in [-0.4, -0.2) is 43.2 Å². The van der Waals surface area contributed by atoms with Gasteiger partial charge in [-0.15, -0.1) is 0 Å². The largest absolute Gasteiger partial charge is 0.384 e. The van der Waals surface area contributed by atoms with E-state index in [0.717, 1.165) is 18.7 Å². The number of hydrogen-bond acceptors (Lipinski definition) is 3. The molecule has 4 nitrogen and oxygen atoms in total. The second-order valence-corrected chi connectivity index (χ2v) is 4.32. The highest BCUT2D eigenvalue weighted by molar-refractivity contribution is 5.75. The van der Waals surface area contributed by atoms with Gasteiger partial charge < -0.3 is 15.3 Å². The molecule has 0 atom stereocenters. The lowest BCUT2D eigenvalue weighted by Crippen LogP contribution is -2.26. The number of amides is 1. The molecule has 0 bridgehead atoms. The van der Waals surface area contributed by atoms with E-state index in [1.165, 1.54) is 5.56 Å². The van der Waals surface area contributed by atoms with E-state index in [4.69, 9.17) is 5.11 Å². The third kappa shape index (κ3) is 6.05. The van der Waals surface area contributed by atoms with Gasteiger partial charge in [0.2, 0.25) is 5.91 Å². The van der Waals surface area contributed by atoms with Gasteiger partial charge >= 0.3 is 0 Å². The van der Waals surface area contributed by atoms with Crippen LogP contribution in [0.15, 0.2) is 24.3 Å². The Morgan fingerprint density at radius 1 is 1.37 bits per heavy atom. The van der Waals surface area contributed by atoms with Crippen LogP contribution in [0.2, 0.25) is 0 Å². The number of aliphatic hydroxyl groups is 1. The van der Waals surface area contributed by atoms with Crippen LogP contribution in [0.1, 0.15) is 17.5 Å². The first kappa shape index (κ1) is 15.2. The molecular formula is C15H20N2O2. The fourth-order valence-corrected chi connectivity index (χ4v) is 1.64. The first-order valence-corrected chi connectivity index (χ1v) is 6.23. The van der Waals surface area contributed by atoms with E-state index in [9.17, 15) is 4.79 Å². The van der Waals surface area contributed by atoms with Crippen molar-refractivity contribution in [2.45, 2.75) is 13.0 Å². The molecule has 0 heterocycles. The van der Waals surface area contributed by atoms with Gasteiger partial charge in [0.25, 0.3) is 0 Å². The summed E-state index contributed by atoms with van der Waals surface area (Å²) in [7, 11) is 3.64. The van der Waals surface area contributed by atoms with Crippen LogP contribution >= 0.6 is 0 Å². The van der Waals surface area contributed by atoms with Crippen molar-refractivity contribution in [3.8, 4) is 11.8 Å². The van der Waals surface area contributed by atoms with Gasteiger partial charge in [0.15, 0.2) is 0 Å². The van der Waals surface area contributed by atoms with E-state index in [1.807, 2.05) is 31.3 Å². The van der Waals surface area contributed by atoms with Gasteiger partial charge in [0, 0.05) is 32.1 Å². The van der Waals surface area contributed by atoms with Crippen molar-refractivity contribution < 1.29 is 9.90 Å². The predicted molar refractivity (Wildman–Crippen MR) is 75.4 cm³/mol. The summed E-state index contributed by atoms with van der Waals surface area (Å²) in [6, 6.07) is 7.89. The van der Waals surface area contributed by atoms with Gasteiger partial charge in [-0.3, -0.25) is 4.79 Å². The van der Waals surface area contributed by atoms with Crippen LogP contribution in [0.4, 0.5) is 0 Å². The minimum absolute atomic E-state index is 0.0569. The van der Waals surface area contributed by atoms with Crippen molar-refractivity contribution in [2.24, 2.45) is 0 Å². The standard InChI is InChI=1S/C15H20N2O2/c1-16-15(19)9-10-17(2)12-14-7-5-13(6-8-14)4-3-11-18/h5-8,18H,9-12H2,1-2H3,(H,16,19). The van der Waals surface area contributed by atoms with Crippen molar-refractivity contribution in [3.63, 3.8) is 0 Å². The molecular weight excluding hydrogens is 240 g/mol. The van der Waals surface area contributed by atoms with Gasteiger partial charge in [-0.2, -0.15) is 0 Å². The maximum absolute atomic E-state index is 11.1. The normalized spacial score (nSPS) is 9.89. The van der Waals surface area contributed by atoms with Crippen LogP contribution in [0.25, 0.3) is 0 Å². The molecule has 19 heavy (non-hydrogen) atoms. The molecule has 0 fully saturated rings. The highest BCUT2D eigenvalue weighted by Crippen LogP contribution is 2.06. The van der Waals surface area contributed by atoms with Crippen LogP contribution in [0.5, 0.6) is 0 Å². The zero-order valence-corrected chi connectivity index (χ0v) is 11.4. The molecule has 0 saturated heterocycles. The van der Waals surface area contributed by atoms with Gasteiger partial charge in [-0.05, 0) is 24.7 Å². The van der Waals surface area contributed by atoms with E-state index >= 15 is 0 Å². The van der Waals surface area contributed by atoms with Crippen LogP contribution < -0.4 is 5.32 Å². The molecule has 0 aliphatic rings. The van der Waals surface area contributed by atoms with Crippen molar-refractivity contribution >= 4 is 5.91 Å². The van der Waals surface area contributed by atoms with E-state index < -0.39 is 0 Å². The monoisotopic (exact) mass is 260 g/mol. The summed E-state index contributed by atoms with van der Waals surface area (Å²) < 4.78 is 0. The first-order valence-electron chi connectivity index (χ1n) is 6.23. The zero-order valence-electron chi connectivity index (χ0n) is 11.4. The molecule has 0 radical (unpaired) electrons. The number of carbonyl (C=O) groups excluding carboxylic acids is 1. The van der Waals surface area contributed by atoms with E-state index in [-0.39, 0.29) is 12.5 Å². The van der Waals surface area contributed by atoms with Crippen LogP contribution in [-0.2, 0) is 11.3 Å². The number of nitrogens with zero attached hydrogens (tertiary/aromatic N) is 1. The second-order valence-electron chi connectivity index (χ2n) is 4.32. The number of nitrogens with one attached hydrogen (secondary N) is 1. The molecule has 0 aliphatic carbocycles. The second kappa shape index (κ2) is 8.30. The number of carbonyl (C=O) groups is 1. The van der Waals surface area contributed by atoms with Crippen molar-refractivity contribution in [1.29, 1.82) is 0 Å². The van der Waals surface area contributed by atoms with E-state index in [0.29, 0.717) is 6.42 Å². The fourth-order valence-electron chi connectivity index (χ4n) is 1.64. The Hall–Kier alpha value is -1.83. The fraction of sp³-hybridized carbons (Fsp3) is 0.400. The lowest BCUT2D eigenvalue weighted by molar-refractivity contribution is -0.120. The minimum atomic E-state index is -0.121. The zero-order chi connectivity index (χ0) is 14.1. The molecule has 4 heteroatoms. The van der Waals surface area contributed by atoms with Crippen molar-refractivity contribution in [1.82, 2.24) is 10.2 Å². The summed E-state index contributed by atoms with van der Waals surface area (Å²) in [6.45, 7) is 1.40. The van der Waals surface area contributed by atoms with Crippen LogP contribution in [0.3, 0.4) is 0 Å². The maximum Gasteiger partial charge on any atom is 0.221 e. The van der Waals surface area contributed by atoms with Gasteiger partial charge in [0.1, 0.15) is 6.61 Å². The van der Waals surface area contributed by atoms with Crippen LogP contribution in [0, 0.1) is 11.8 Å². The number of hydrogen-bond donors (Lipinski definition) is 2. The summed E-state index contributed by atoms with van der Waals surface area (Å²) in [5.74, 6) is 5.53. The number of rotatable bonds is 5. The molecule has 0 aliphatic heterocycles. The van der Waals surface area contributed by atoms with Gasteiger partial charge in [0.05, 0.1) is 0 Å². The summed E-state index contributed by atoms with van der Waals surface area (Å²) in [4.78, 5) is 13.2. The molecule has 1 aromatic carbocycles. The Labute approximate surface area is 114 Å².